The van der Waals surface area contributed by atoms with Gasteiger partial charge in [0.1, 0.15) is 6.17 Å². The fraction of sp³-hybridized carbons (Fsp3) is 1.00. The van der Waals surface area contributed by atoms with E-state index in [4.69, 9.17) is 0 Å². The summed E-state index contributed by atoms with van der Waals surface area (Å²) in [5.74, 6) is 0. The first-order valence-corrected chi connectivity index (χ1v) is 4.14. The summed E-state index contributed by atoms with van der Waals surface area (Å²) in [6, 6.07) is 0. The van der Waals surface area contributed by atoms with E-state index in [-0.39, 0.29) is 5.54 Å². The van der Waals surface area contributed by atoms with Crippen LogP contribution in [-0.2, 0) is 0 Å². The molecule has 0 aromatic carbocycles. The van der Waals surface area contributed by atoms with Crippen LogP contribution >= 0.6 is 0 Å². The highest BCUT2D eigenvalue weighted by atomic mass is 19.1. The topological polar surface area (TPSA) is 12.0 Å². The minimum Gasteiger partial charge on any atom is -0.309 e. The fourth-order valence-electron chi connectivity index (χ4n) is 1.78. The molecule has 1 rings (SSSR count). The number of hydrogen-bond acceptors (Lipinski definition) is 1. The largest absolute Gasteiger partial charge is 0.309 e. The molecule has 0 amide bonds. The van der Waals surface area contributed by atoms with Crippen LogP contribution in [0.4, 0.5) is 4.39 Å². The van der Waals surface area contributed by atoms with Crippen molar-refractivity contribution in [2.45, 2.75) is 44.8 Å². The van der Waals surface area contributed by atoms with Gasteiger partial charge in [0.05, 0.1) is 0 Å². The highest BCUT2D eigenvalue weighted by Crippen LogP contribution is 2.29. The van der Waals surface area contributed by atoms with Crippen LogP contribution in [0.25, 0.3) is 0 Å². The van der Waals surface area contributed by atoms with Crippen LogP contribution in [0.15, 0.2) is 0 Å². The van der Waals surface area contributed by atoms with E-state index in [0.717, 1.165) is 19.4 Å². The normalized spacial score (nSPS) is 30.9. The summed E-state index contributed by atoms with van der Waals surface area (Å²) in [6.45, 7) is 4.95. The van der Waals surface area contributed by atoms with Gasteiger partial charge in [0, 0.05) is 5.54 Å². The van der Waals surface area contributed by atoms with E-state index in [1.54, 1.807) is 0 Å². The Kier molecular flexibility index (Phi) is 2.29. The smallest absolute Gasteiger partial charge is 0.119 e. The van der Waals surface area contributed by atoms with E-state index in [1.165, 1.54) is 0 Å². The summed E-state index contributed by atoms with van der Waals surface area (Å²) in [4.78, 5) is 0. The molecule has 1 aliphatic heterocycles. The third kappa shape index (κ3) is 1.05. The lowest BCUT2D eigenvalue weighted by atomic mass is 9.90. The van der Waals surface area contributed by atoms with E-state index in [9.17, 15) is 4.39 Å². The van der Waals surface area contributed by atoms with Crippen LogP contribution in [0, 0.1) is 0 Å². The summed E-state index contributed by atoms with van der Waals surface area (Å²) < 4.78 is 13.2. The summed E-state index contributed by atoms with van der Waals surface area (Å²) in [6.07, 6.45) is 1.89. The molecule has 1 aliphatic rings. The van der Waals surface area contributed by atoms with Crippen LogP contribution in [0.2, 0.25) is 0 Å². The Morgan fingerprint density at radius 2 is 2.10 bits per heavy atom. The second-order valence-electron chi connectivity index (χ2n) is 3.05. The molecular formula is C8H16FN. The van der Waals surface area contributed by atoms with Gasteiger partial charge in [-0.1, -0.05) is 13.8 Å². The molecule has 60 valence electrons. The third-order valence-corrected chi connectivity index (χ3v) is 2.74. The molecular weight excluding hydrogens is 129 g/mol. The van der Waals surface area contributed by atoms with Crippen molar-refractivity contribution >= 4 is 0 Å². The van der Waals surface area contributed by atoms with Crippen LogP contribution in [0.3, 0.4) is 0 Å². The first-order valence-electron chi connectivity index (χ1n) is 4.14. The van der Waals surface area contributed by atoms with E-state index in [2.05, 4.69) is 19.2 Å². The van der Waals surface area contributed by atoms with Crippen LogP contribution in [0.5, 0.6) is 0 Å². The molecule has 0 spiro atoms. The lowest BCUT2D eigenvalue weighted by Crippen LogP contribution is -2.44. The van der Waals surface area contributed by atoms with Gasteiger partial charge in [0.2, 0.25) is 0 Å². The SMILES string of the molecule is CCC1(CC)NCCC1F. The Bertz CT molecular complexity index is 110. The Labute approximate surface area is 62.0 Å². The molecule has 0 aromatic rings. The Morgan fingerprint density at radius 3 is 2.30 bits per heavy atom. The maximum Gasteiger partial charge on any atom is 0.119 e. The van der Waals surface area contributed by atoms with E-state index >= 15 is 0 Å². The van der Waals surface area contributed by atoms with Crippen molar-refractivity contribution in [1.29, 1.82) is 0 Å². The molecule has 10 heavy (non-hydrogen) atoms. The lowest BCUT2D eigenvalue weighted by molar-refractivity contribution is 0.188. The number of hydrogen-bond donors (Lipinski definition) is 1. The van der Waals surface area contributed by atoms with Gasteiger partial charge in [-0.25, -0.2) is 4.39 Å². The van der Waals surface area contributed by atoms with Crippen LogP contribution in [0.1, 0.15) is 33.1 Å². The summed E-state index contributed by atoms with van der Waals surface area (Å²) in [7, 11) is 0. The first kappa shape index (κ1) is 7.99. The molecule has 2 heteroatoms. The van der Waals surface area contributed by atoms with E-state index < -0.39 is 6.17 Å². The van der Waals surface area contributed by atoms with Crippen molar-refractivity contribution in [3.8, 4) is 0 Å². The first-order chi connectivity index (χ1) is 4.75. The minimum absolute atomic E-state index is 0.181. The standard InChI is InChI=1S/C8H16FN/c1-3-8(4-2)7(9)5-6-10-8/h7,10H,3-6H2,1-2H3. The average molecular weight is 145 g/mol. The Balaban J connectivity index is 2.61. The molecule has 1 N–H and O–H groups in total. The molecule has 1 unspecified atom stereocenters. The van der Waals surface area contributed by atoms with Gasteiger partial charge >= 0.3 is 0 Å². The van der Waals surface area contributed by atoms with E-state index in [0.29, 0.717) is 6.42 Å². The highest BCUT2D eigenvalue weighted by Gasteiger charge is 2.39. The summed E-state index contributed by atoms with van der Waals surface area (Å²) in [5, 5.41) is 3.24. The van der Waals surface area contributed by atoms with Gasteiger partial charge in [-0.3, -0.25) is 0 Å². The highest BCUT2D eigenvalue weighted by molar-refractivity contribution is 4.98. The maximum absolute atomic E-state index is 13.2. The van der Waals surface area contributed by atoms with Crippen molar-refractivity contribution in [2.75, 3.05) is 6.54 Å². The Hall–Kier alpha value is -0.110. The van der Waals surface area contributed by atoms with Crippen LogP contribution < -0.4 is 5.32 Å². The van der Waals surface area contributed by atoms with Gasteiger partial charge in [-0.2, -0.15) is 0 Å². The molecule has 0 saturated carbocycles. The van der Waals surface area contributed by atoms with Crippen molar-refractivity contribution in [1.82, 2.24) is 5.32 Å². The molecule has 0 aromatic heterocycles. The zero-order valence-corrected chi connectivity index (χ0v) is 6.78. The second kappa shape index (κ2) is 2.87. The average Bonchev–Trinajstić information content (AvgIpc) is 2.32. The molecule has 0 radical (unpaired) electrons. The fourth-order valence-corrected chi connectivity index (χ4v) is 1.78. The number of rotatable bonds is 2. The van der Waals surface area contributed by atoms with Gasteiger partial charge in [0.15, 0.2) is 0 Å². The third-order valence-electron chi connectivity index (χ3n) is 2.74. The second-order valence-corrected chi connectivity index (χ2v) is 3.05. The predicted octanol–water partition coefficient (Wildman–Crippen LogP) is 1.88. The zero-order chi connectivity index (χ0) is 7.61. The lowest BCUT2D eigenvalue weighted by Gasteiger charge is -2.28. The molecule has 1 fully saturated rings. The van der Waals surface area contributed by atoms with Gasteiger partial charge < -0.3 is 5.32 Å². The van der Waals surface area contributed by atoms with Crippen molar-refractivity contribution in [2.24, 2.45) is 0 Å². The monoisotopic (exact) mass is 145 g/mol. The molecule has 0 aliphatic carbocycles. The molecule has 1 atom stereocenters. The van der Waals surface area contributed by atoms with E-state index in [1.807, 2.05) is 0 Å². The van der Waals surface area contributed by atoms with Crippen LogP contribution in [-0.4, -0.2) is 18.3 Å². The zero-order valence-electron chi connectivity index (χ0n) is 6.78. The van der Waals surface area contributed by atoms with Crippen molar-refractivity contribution < 1.29 is 4.39 Å². The van der Waals surface area contributed by atoms with Gasteiger partial charge in [-0.15, -0.1) is 0 Å². The maximum atomic E-state index is 13.2. The summed E-state index contributed by atoms with van der Waals surface area (Å²) in [5.41, 5.74) is -0.181. The molecule has 1 saturated heterocycles. The number of halogens is 1. The van der Waals surface area contributed by atoms with Gasteiger partial charge in [0.25, 0.3) is 0 Å². The number of nitrogens with one attached hydrogen (secondary N) is 1. The van der Waals surface area contributed by atoms with Crippen molar-refractivity contribution in [3.63, 3.8) is 0 Å². The predicted molar refractivity (Wildman–Crippen MR) is 40.8 cm³/mol. The summed E-state index contributed by atoms with van der Waals surface area (Å²) >= 11 is 0. The van der Waals surface area contributed by atoms with Gasteiger partial charge in [-0.05, 0) is 25.8 Å². The minimum atomic E-state index is -0.623. The quantitative estimate of drug-likeness (QED) is 0.625. The molecule has 1 heterocycles. The Morgan fingerprint density at radius 1 is 1.50 bits per heavy atom. The van der Waals surface area contributed by atoms with Crippen molar-refractivity contribution in [3.05, 3.63) is 0 Å². The molecule has 0 bridgehead atoms. The molecule has 1 nitrogen and oxygen atoms in total. The number of alkyl halides is 1.